The molecular formula is C25H34ClN3O3. The van der Waals surface area contributed by atoms with Crippen LogP contribution >= 0.6 is 11.6 Å². The molecule has 0 radical (unpaired) electrons. The molecule has 1 heterocycles. The van der Waals surface area contributed by atoms with E-state index in [1.54, 1.807) is 6.92 Å². The van der Waals surface area contributed by atoms with Crippen LogP contribution in [0.2, 0.25) is 5.02 Å². The van der Waals surface area contributed by atoms with Crippen LogP contribution in [-0.4, -0.2) is 48.6 Å². The van der Waals surface area contributed by atoms with Crippen LogP contribution in [0.5, 0.6) is 0 Å². The highest BCUT2D eigenvalue weighted by atomic mass is 35.5. The number of aliphatic hydroxyl groups is 1. The third-order valence-electron chi connectivity index (χ3n) is 7.61. The van der Waals surface area contributed by atoms with Gasteiger partial charge in [-0.15, -0.1) is 0 Å². The van der Waals surface area contributed by atoms with Crippen LogP contribution in [0.1, 0.15) is 45.1 Å². The van der Waals surface area contributed by atoms with Gasteiger partial charge in [0.25, 0.3) is 0 Å². The summed E-state index contributed by atoms with van der Waals surface area (Å²) in [6.45, 7) is 8.48. The fourth-order valence-electron chi connectivity index (χ4n) is 5.48. The van der Waals surface area contributed by atoms with Crippen LogP contribution < -0.4 is 10.2 Å². The summed E-state index contributed by atoms with van der Waals surface area (Å²) >= 11 is 6.28. The lowest BCUT2D eigenvalue weighted by atomic mass is 9.87. The lowest BCUT2D eigenvalue weighted by molar-refractivity contribution is -0.135. The van der Waals surface area contributed by atoms with Gasteiger partial charge in [0.05, 0.1) is 12.2 Å². The maximum atomic E-state index is 12.1. The molecule has 0 aromatic heterocycles. The molecule has 2 aliphatic carbocycles. The van der Waals surface area contributed by atoms with E-state index in [1.807, 2.05) is 19.1 Å². The molecule has 0 unspecified atom stereocenters. The third kappa shape index (κ3) is 4.40. The van der Waals surface area contributed by atoms with Crippen molar-refractivity contribution in [3.8, 4) is 0 Å². The first kappa shape index (κ1) is 23.1. The number of ether oxygens (including phenoxy) is 1. The molecule has 1 aromatic carbocycles. The Hall–Kier alpha value is -2.05. The van der Waals surface area contributed by atoms with E-state index in [4.69, 9.17) is 21.7 Å². The number of fused-ring (bicyclic) bond motifs is 1. The number of esters is 1. The highest BCUT2D eigenvalue weighted by Crippen LogP contribution is 2.59. The monoisotopic (exact) mass is 459 g/mol. The number of carbonyl (C=O) groups is 1. The molecule has 1 saturated heterocycles. The van der Waals surface area contributed by atoms with Crippen molar-refractivity contribution in [2.24, 2.45) is 17.8 Å². The Morgan fingerprint density at radius 3 is 2.78 bits per heavy atom. The highest BCUT2D eigenvalue weighted by molar-refractivity contribution is 6.42. The number of hydrogen-bond donors (Lipinski definition) is 3. The maximum Gasteiger partial charge on any atom is 0.356 e. The van der Waals surface area contributed by atoms with E-state index >= 15 is 0 Å². The summed E-state index contributed by atoms with van der Waals surface area (Å²) in [4.78, 5) is 14.5. The normalized spacial score (nSPS) is 26.0. The average molecular weight is 460 g/mol. The van der Waals surface area contributed by atoms with Gasteiger partial charge in [-0.1, -0.05) is 24.6 Å². The Bertz CT molecular complexity index is 936. The number of carbonyl (C=O) groups excluding carboxylic acids is 1. The van der Waals surface area contributed by atoms with E-state index in [1.165, 1.54) is 0 Å². The predicted molar refractivity (Wildman–Crippen MR) is 127 cm³/mol. The molecule has 1 saturated carbocycles. The quantitative estimate of drug-likeness (QED) is 0.403. The number of benzene rings is 1. The third-order valence-corrected chi connectivity index (χ3v) is 8.02. The van der Waals surface area contributed by atoms with Gasteiger partial charge in [0, 0.05) is 41.6 Å². The first-order valence-electron chi connectivity index (χ1n) is 11.7. The molecule has 4 rings (SSSR count). The minimum atomic E-state index is -0.708. The minimum Gasteiger partial charge on any atom is -0.461 e. The molecule has 174 valence electrons. The number of nitrogens with one attached hydrogen (secondary N) is 2. The van der Waals surface area contributed by atoms with Crippen molar-refractivity contribution in [1.29, 1.82) is 5.41 Å². The van der Waals surface area contributed by atoms with Gasteiger partial charge in [-0.2, -0.15) is 0 Å². The van der Waals surface area contributed by atoms with Crippen LogP contribution in [-0.2, 0) is 9.53 Å². The molecular weight excluding hydrogens is 426 g/mol. The van der Waals surface area contributed by atoms with E-state index < -0.39 is 11.6 Å². The minimum absolute atomic E-state index is 0.00453. The molecule has 3 aliphatic rings. The first-order chi connectivity index (χ1) is 15.3. The summed E-state index contributed by atoms with van der Waals surface area (Å²) in [7, 11) is 0. The summed E-state index contributed by atoms with van der Waals surface area (Å²) in [6, 6.07) is 5.97. The second kappa shape index (κ2) is 9.06. The molecule has 2 fully saturated rings. The summed E-state index contributed by atoms with van der Waals surface area (Å²) < 4.78 is 5.07. The lowest BCUT2D eigenvalue weighted by Crippen LogP contribution is -2.46. The standard InChI is InChI=1S/C25H34ClN3O3/c1-4-32-24(30)23(27)22-19(14-17-15(2)21(17)22)28-11-8-25(31)9-12-29(13-10-25)20-7-5-6-18(26)16(20)3/h5-7,15,17,21,27-28,31H,4,8-14H2,1-3H3/t15-,17+,21-/m1/s1. The molecule has 0 spiro atoms. The van der Waals surface area contributed by atoms with Crippen molar-refractivity contribution in [3.63, 3.8) is 0 Å². The Balaban J connectivity index is 1.34. The highest BCUT2D eigenvalue weighted by Gasteiger charge is 2.56. The average Bonchev–Trinajstić information content (AvgIpc) is 3.21. The maximum absolute atomic E-state index is 12.1. The van der Waals surface area contributed by atoms with Crippen molar-refractivity contribution < 1.29 is 14.6 Å². The zero-order valence-electron chi connectivity index (χ0n) is 19.2. The van der Waals surface area contributed by atoms with Gasteiger partial charge in [-0.05, 0) is 75.0 Å². The van der Waals surface area contributed by atoms with Crippen LogP contribution in [0.25, 0.3) is 0 Å². The zero-order chi connectivity index (χ0) is 23.0. The number of allylic oxidation sites excluding steroid dienone is 1. The summed E-state index contributed by atoms with van der Waals surface area (Å²) in [5, 5.41) is 23.7. The first-order valence-corrected chi connectivity index (χ1v) is 12.1. The van der Waals surface area contributed by atoms with Crippen molar-refractivity contribution in [3.05, 3.63) is 40.1 Å². The summed E-state index contributed by atoms with van der Waals surface area (Å²) in [5.41, 5.74) is 3.34. The topological polar surface area (TPSA) is 85.7 Å². The Labute approximate surface area is 195 Å². The van der Waals surface area contributed by atoms with Crippen molar-refractivity contribution in [2.75, 3.05) is 31.1 Å². The van der Waals surface area contributed by atoms with Crippen LogP contribution in [0.15, 0.2) is 29.5 Å². The van der Waals surface area contributed by atoms with E-state index in [2.05, 4.69) is 23.2 Å². The molecule has 7 heteroatoms. The van der Waals surface area contributed by atoms with E-state index in [0.717, 1.165) is 47.1 Å². The van der Waals surface area contributed by atoms with Crippen LogP contribution in [0, 0.1) is 30.1 Å². The van der Waals surface area contributed by atoms with E-state index in [-0.39, 0.29) is 12.3 Å². The number of anilines is 1. The molecule has 3 atom stereocenters. The van der Waals surface area contributed by atoms with Gasteiger partial charge in [0.2, 0.25) is 0 Å². The Kier molecular flexibility index (Phi) is 6.55. The number of halogens is 1. The van der Waals surface area contributed by atoms with Gasteiger partial charge >= 0.3 is 5.97 Å². The largest absolute Gasteiger partial charge is 0.461 e. The van der Waals surface area contributed by atoms with E-state index in [0.29, 0.717) is 43.6 Å². The van der Waals surface area contributed by atoms with Gasteiger partial charge in [-0.25, -0.2) is 4.79 Å². The van der Waals surface area contributed by atoms with Crippen molar-refractivity contribution >= 4 is 29.0 Å². The molecule has 32 heavy (non-hydrogen) atoms. The van der Waals surface area contributed by atoms with E-state index in [9.17, 15) is 9.90 Å². The molecule has 0 amide bonds. The predicted octanol–water partition coefficient (Wildman–Crippen LogP) is 4.08. The molecule has 6 nitrogen and oxygen atoms in total. The number of rotatable bonds is 8. The molecule has 1 aromatic rings. The fraction of sp³-hybridized carbons (Fsp3) is 0.600. The zero-order valence-corrected chi connectivity index (χ0v) is 20.0. The van der Waals surface area contributed by atoms with Crippen LogP contribution in [0.3, 0.4) is 0 Å². The van der Waals surface area contributed by atoms with Crippen molar-refractivity contribution in [2.45, 2.75) is 52.1 Å². The lowest BCUT2D eigenvalue weighted by Gasteiger charge is -2.40. The molecule has 3 N–H and O–H groups in total. The fourth-order valence-corrected chi connectivity index (χ4v) is 5.65. The van der Waals surface area contributed by atoms with Crippen molar-refractivity contribution in [1.82, 2.24) is 5.32 Å². The molecule has 0 bridgehead atoms. The smallest absolute Gasteiger partial charge is 0.356 e. The SMILES string of the molecule is CCOC(=O)C(=N)C1=C(NCCC2(O)CCN(c3cccc(Cl)c3C)CC2)C[C@H]2[C@@H](C)[C@@H]12. The Morgan fingerprint density at radius 1 is 1.38 bits per heavy atom. The van der Waals surface area contributed by atoms with Gasteiger partial charge < -0.3 is 20.1 Å². The number of hydrogen-bond acceptors (Lipinski definition) is 6. The molecule has 1 aliphatic heterocycles. The second-order valence-corrected chi connectivity index (χ2v) is 9.92. The summed E-state index contributed by atoms with van der Waals surface area (Å²) in [6.07, 6.45) is 2.92. The van der Waals surface area contributed by atoms with Gasteiger partial charge in [0.1, 0.15) is 5.71 Å². The number of piperidine rings is 1. The van der Waals surface area contributed by atoms with Crippen LogP contribution in [0.4, 0.5) is 5.69 Å². The number of nitrogens with zero attached hydrogens (tertiary/aromatic N) is 1. The Morgan fingerprint density at radius 2 is 2.09 bits per heavy atom. The van der Waals surface area contributed by atoms with Gasteiger partial charge in [0.15, 0.2) is 0 Å². The summed E-state index contributed by atoms with van der Waals surface area (Å²) in [5.74, 6) is 0.800. The van der Waals surface area contributed by atoms with Gasteiger partial charge in [-0.3, -0.25) is 5.41 Å². The second-order valence-electron chi connectivity index (χ2n) is 9.51.